The van der Waals surface area contributed by atoms with Crippen LogP contribution in [0.5, 0.6) is 0 Å². The summed E-state index contributed by atoms with van der Waals surface area (Å²) in [5.74, 6) is 0. The zero-order chi connectivity index (χ0) is 16.2. The number of carbonyl (C=O) groups is 1. The van der Waals surface area contributed by atoms with Crippen molar-refractivity contribution >= 4 is 11.7 Å². The zero-order valence-corrected chi connectivity index (χ0v) is 14.5. The van der Waals surface area contributed by atoms with Crippen LogP contribution in [0.25, 0.3) is 0 Å². The van der Waals surface area contributed by atoms with E-state index in [4.69, 9.17) is 0 Å². The molecule has 1 aromatic carbocycles. The van der Waals surface area contributed by atoms with E-state index in [-0.39, 0.29) is 6.03 Å². The number of carbonyl (C=O) groups excluding carboxylic acids is 1. The molecule has 4 nitrogen and oxygen atoms in total. The van der Waals surface area contributed by atoms with Crippen LogP contribution < -0.4 is 5.32 Å². The molecule has 0 spiro atoms. The largest absolute Gasteiger partial charge is 0.322 e. The van der Waals surface area contributed by atoms with E-state index in [2.05, 4.69) is 30.1 Å². The lowest BCUT2D eigenvalue weighted by Gasteiger charge is -2.40. The third kappa shape index (κ3) is 3.86. The molecule has 1 heterocycles. The maximum absolute atomic E-state index is 12.5. The Morgan fingerprint density at radius 2 is 1.74 bits per heavy atom. The summed E-state index contributed by atoms with van der Waals surface area (Å²) in [7, 11) is 0. The fourth-order valence-corrected chi connectivity index (χ4v) is 3.82. The van der Waals surface area contributed by atoms with Crippen molar-refractivity contribution in [2.24, 2.45) is 0 Å². The van der Waals surface area contributed by atoms with Gasteiger partial charge >= 0.3 is 6.03 Å². The van der Waals surface area contributed by atoms with E-state index >= 15 is 0 Å². The number of rotatable bonds is 2. The molecular formula is C19H29N3O. The third-order valence-corrected chi connectivity index (χ3v) is 5.54. The average Bonchev–Trinajstić information content (AvgIpc) is 2.60. The van der Waals surface area contributed by atoms with Gasteiger partial charge in [-0.1, -0.05) is 31.4 Å². The maximum atomic E-state index is 12.5. The highest BCUT2D eigenvalue weighted by Gasteiger charge is 2.27. The van der Waals surface area contributed by atoms with Crippen molar-refractivity contribution in [3.8, 4) is 0 Å². The van der Waals surface area contributed by atoms with Crippen molar-refractivity contribution in [1.82, 2.24) is 9.80 Å². The predicted molar refractivity (Wildman–Crippen MR) is 95.0 cm³/mol. The molecule has 1 saturated heterocycles. The minimum atomic E-state index is 0.0435. The van der Waals surface area contributed by atoms with E-state index in [0.717, 1.165) is 43.5 Å². The van der Waals surface area contributed by atoms with E-state index in [1.54, 1.807) is 0 Å². The van der Waals surface area contributed by atoms with Crippen LogP contribution >= 0.6 is 0 Å². The van der Waals surface area contributed by atoms with Gasteiger partial charge < -0.3 is 10.2 Å². The third-order valence-electron chi connectivity index (χ3n) is 5.54. The average molecular weight is 315 g/mol. The molecule has 0 atom stereocenters. The van der Waals surface area contributed by atoms with Gasteiger partial charge in [-0.2, -0.15) is 0 Å². The molecule has 0 radical (unpaired) electrons. The number of anilines is 1. The first-order valence-corrected chi connectivity index (χ1v) is 9.01. The van der Waals surface area contributed by atoms with Crippen LogP contribution in [0, 0.1) is 13.8 Å². The number of aryl methyl sites for hydroxylation is 1. The van der Waals surface area contributed by atoms with Gasteiger partial charge in [-0.15, -0.1) is 0 Å². The molecule has 4 heteroatoms. The summed E-state index contributed by atoms with van der Waals surface area (Å²) in [6, 6.07) is 6.86. The normalized spacial score (nSPS) is 20.5. The number of nitrogens with zero attached hydrogens (tertiary/aromatic N) is 2. The number of hydrogen-bond acceptors (Lipinski definition) is 2. The summed E-state index contributed by atoms with van der Waals surface area (Å²) in [6.45, 7) is 7.86. The van der Waals surface area contributed by atoms with Crippen LogP contribution in [0.4, 0.5) is 10.5 Å². The Bertz CT molecular complexity index is 544. The predicted octanol–water partition coefficient (Wildman–Crippen LogP) is 3.79. The lowest BCUT2D eigenvalue weighted by Crippen LogP contribution is -2.53. The highest BCUT2D eigenvalue weighted by atomic mass is 16.2. The molecule has 1 aliphatic heterocycles. The summed E-state index contributed by atoms with van der Waals surface area (Å²) >= 11 is 0. The topological polar surface area (TPSA) is 35.6 Å². The van der Waals surface area contributed by atoms with Gasteiger partial charge in [0.25, 0.3) is 0 Å². The molecule has 1 N–H and O–H groups in total. The molecule has 126 valence electrons. The minimum Gasteiger partial charge on any atom is -0.322 e. The molecule has 0 aromatic heterocycles. The Morgan fingerprint density at radius 3 is 2.43 bits per heavy atom. The SMILES string of the molecule is Cc1cccc(NC(=O)N2CCN(C3CCCCC3)CC2)c1C. The molecule has 1 saturated carbocycles. The van der Waals surface area contributed by atoms with Crippen LogP contribution in [-0.2, 0) is 0 Å². The summed E-state index contributed by atoms with van der Waals surface area (Å²) in [5, 5.41) is 3.08. The molecule has 2 aliphatic rings. The number of nitrogens with one attached hydrogen (secondary N) is 1. The molecule has 2 fully saturated rings. The fraction of sp³-hybridized carbons (Fsp3) is 0.632. The standard InChI is InChI=1S/C19H29N3O/c1-15-7-6-10-18(16(15)2)20-19(23)22-13-11-21(12-14-22)17-8-4-3-5-9-17/h6-7,10,17H,3-5,8-9,11-14H2,1-2H3,(H,20,23). The van der Waals surface area contributed by atoms with Gasteiger partial charge in [0, 0.05) is 37.9 Å². The van der Waals surface area contributed by atoms with E-state index in [0.29, 0.717) is 0 Å². The van der Waals surface area contributed by atoms with E-state index in [9.17, 15) is 4.79 Å². The lowest BCUT2D eigenvalue weighted by atomic mass is 9.94. The first-order chi connectivity index (χ1) is 11.1. The van der Waals surface area contributed by atoms with E-state index in [1.165, 1.54) is 37.7 Å². The van der Waals surface area contributed by atoms with Gasteiger partial charge in [-0.3, -0.25) is 4.90 Å². The number of urea groups is 1. The van der Waals surface area contributed by atoms with E-state index < -0.39 is 0 Å². The highest BCUT2D eigenvalue weighted by molar-refractivity contribution is 5.90. The molecular weight excluding hydrogens is 286 g/mol. The van der Waals surface area contributed by atoms with Crippen LogP contribution in [0.2, 0.25) is 0 Å². The number of amides is 2. The second-order valence-electron chi connectivity index (χ2n) is 6.99. The second kappa shape index (κ2) is 7.35. The number of benzene rings is 1. The molecule has 23 heavy (non-hydrogen) atoms. The number of piperazine rings is 1. The fourth-order valence-electron chi connectivity index (χ4n) is 3.82. The van der Waals surface area contributed by atoms with Crippen molar-refractivity contribution in [2.75, 3.05) is 31.5 Å². The minimum absolute atomic E-state index is 0.0435. The lowest BCUT2D eigenvalue weighted by molar-refractivity contribution is 0.0943. The molecule has 0 unspecified atom stereocenters. The van der Waals surface area contributed by atoms with Crippen molar-refractivity contribution in [3.05, 3.63) is 29.3 Å². The Balaban J connectivity index is 1.53. The monoisotopic (exact) mass is 315 g/mol. The van der Waals surface area contributed by atoms with Gasteiger partial charge in [0.05, 0.1) is 0 Å². The van der Waals surface area contributed by atoms with Crippen LogP contribution in [0.3, 0.4) is 0 Å². The molecule has 1 aromatic rings. The van der Waals surface area contributed by atoms with Gasteiger partial charge in [0.15, 0.2) is 0 Å². The van der Waals surface area contributed by atoms with Crippen molar-refractivity contribution in [2.45, 2.75) is 52.0 Å². The highest BCUT2D eigenvalue weighted by Crippen LogP contribution is 2.24. The van der Waals surface area contributed by atoms with Gasteiger partial charge in [-0.05, 0) is 43.9 Å². The molecule has 3 rings (SSSR count). The second-order valence-corrected chi connectivity index (χ2v) is 6.99. The molecule has 1 aliphatic carbocycles. The summed E-state index contributed by atoms with van der Waals surface area (Å²) in [6.07, 6.45) is 6.83. The smallest absolute Gasteiger partial charge is 0.321 e. The van der Waals surface area contributed by atoms with Crippen LogP contribution in [-0.4, -0.2) is 48.1 Å². The van der Waals surface area contributed by atoms with Crippen LogP contribution in [0.15, 0.2) is 18.2 Å². The van der Waals surface area contributed by atoms with Crippen LogP contribution in [0.1, 0.15) is 43.2 Å². The molecule has 2 amide bonds. The van der Waals surface area contributed by atoms with Crippen molar-refractivity contribution in [3.63, 3.8) is 0 Å². The summed E-state index contributed by atoms with van der Waals surface area (Å²) in [4.78, 5) is 17.1. The van der Waals surface area contributed by atoms with Gasteiger partial charge in [0.2, 0.25) is 0 Å². The van der Waals surface area contributed by atoms with Crippen molar-refractivity contribution in [1.29, 1.82) is 0 Å². The van der Waals surface area contributed by atoms with Crippen molar-refractivity contribution < 1.29 is 4.79 Å². The number of hydrogen-bond donors (Lipinski definition) is 1. The van der Waals surface area contributed by atoms with Gasteiger partial charge in [0.1, 0.15) is 0 Å². The quantitative estimate of drug-likeness (QED) is 0.901. The maximum Gasteiger partial charge on any atom is 0.321 e. The first-order valence-electron chi connectivity index (χ1n) is 9.01. The Hall–Kier alpha value is -1.55. The molecule has 0 bridgehead atoms. The Kier molecular flexibility index (Phi) is 5.21. The first kappa shape index (κ1) is 16.3. The zero-order valence-electron chi connectivity index (χ0n) is 14.5. The summed E-state index contributed by atoms with van der Waals surface area (Å²) < 4.78 is 0. The van der Waals surface area contributed by atoms with Gasteiger partial charge in [-0.25, -0.2) is 4.79 Å². The summed E-state index contributed by atoms with van der Waals surface area (Å²) in [5.41, 5.74) is 3.30. The Morgan fingerprint density at radius 1 is 1.04 bits per heavy atom. The Labute approximate surface area is 139 Å². The van der Waals surface area contributed by atoms with E-state index in [1.807, 2.05) is 17.0 Å².